The average Bonchev–Trinajstić information content (AvgIpc) is 2.46. The van der Waals surface area contributed by atoms with E-state index in [0.717, 1.165) is 0 Å². The molecule has 0 fully saturated rings. The molecule has 1 amide bonds. The number of carbonyl (C=O) groups is 1. The van der Waals surface area contributed by atoms with Crippen LogP contribution in [0.4, 0.5) is 13.2 Å². The van der Waals surface area contributed by atoms with E-state index in [1.807, 2.05) is 0 Å². The molecule has 0 heterocycles. The second-order valence-electron chi connectivity index (χ2n) is 4.29. The molecule has 20 heavy (non-hydrogen) atoms. The minimum atomic E-state index is -1.80. The Bertz CT molecular complexity index is 510. The summed E-state index contributed by atoms with van der Waals surface area (Å²) in [6.07, 6.45) is 0.114. The Hall–Kier alpha value is -1.80. The highest BCUT2D eigenvalue weighted by molar-refractivity contribution is 5.95. The predicted molar refractivity (Wildman–Crippen MR) is 62.6 cm³/mol. The number of phenolic OH excluding ortho intramolecular Hbond substituents is 1. The zero-order chi connectivity index (χ0) is 15.5. The third-order valence-corrected chi connectivity index (χ3v) is 3.04. The minimum absolute atomic E-state index is 0.114. The number of nitrogens with one attached hydrogen (secondary N) is 1. The molecule has 0 unspecified atom stereocenters. The van der Waals surface area contributed by atoms with Gasteiger partial charge in [0.25, 0.3) is 5.91 Å². The first-order valence-electron chi connectivity index (χ1n) is 5.72. The van der Waals surface area contributed by atoms with Crippen molar-refractivity contribution in [2.24, 2.45) is 0 Å². The lowest BCUT2D eigenvalue weighted by Crippen LogP contribution is -2.54. The predicted octanol–water partition coefficient (Wildman–Crippen LogP) is 0.673. The quantitative estimate of drug-likeness (QED) is 0.601. The first kappa shape index (κ1) is 16.3. The van der Waals surface area contributed by atoms with Crippen LogP contribution in [0.2, 0.25) is 0 Å². The second kappa shape index (κ2) is 6.10. The molecule has 4 N–H and O–H groups in total. The summed E-state index contributed by atoms with van der Waals surface area (Å²) in [7, 11) is 0. The van der Waals surface area contributed by atoms with Crippen LogP contribution in [0.1, 0.15) is 23.7 Å². The van der Waals surface area contributed by atoms with Crippen molar-refractivity contribution >= 4 is 5.91 Å². The van der Waals surface area contributed by atoms with Gasteiger partial charge in [0.15, 0.2) is 17.4 Å². The van der Waals surface area contributed by atoms with Crippen molar-refractivity contribution in [1.82, 2.24) is 5.32 Å². The number of carbonyl (C=O) groups excluding carboxylic acids is 1. The van der Waals surface area contributed by atoms with Gasteiger partial charge in [0.05, 0.1) is 24.3 Å². The summed E-state index contributed by atoms with van der Waals surface area (Å²) in [6.45, 7) is 0.276. The van der Waals surface area contributed by atoms with Crippen LogP contribution < -0.4 is 5.32 Å². The number of halogens is 3. The van der Waals surface area contributed by atoms with Crippen LogP contribution in [-0.4, -0.2) is 40.0 Å². The van der Waals surface area contributed by atoms with E-state index >= 15 is 0 Å². The van der Waals surface area contributed by atoms with E-state index in [4.69, 9.17) is 15.3 Å². The Morgan fingerprint density at radius 2 is 1.80 bits per heavy atom. The third-order valence-electron chi connectivity index (χ3n) is 3.04. The molecule has 0 saturated heterocycles. The summed E-state index contributed by atoms with van der Waals surface area (Å²) in [5, 5.41) is 29.4. The molecule has 0 spiro atoms. The summed E-state index contributed by atoms with van der Waals surface area (Å²) >= 11 is 0. The van der Waals surface area contributed by atoms with Crippen LogP contribution in [0, 0.1) is 17.5 Å². The fourth-order valence-corrected chi connectivity index (χ4v) is 1.50. The van der Waals surface area contributed by atoms with Gasteiger partial charge in [-0.05, 0) is 12.5 Å². The molecule has 1 aromatic rings. The highest BCUT2D eigenvalue weighted by Crippen LogP contribution is 2.26. The number of aliphatic hydroxyl groups excluding tert-OH is 2. The van der Waals surface area contributed by atoms with Crippen LogP contribution in [0.5, 0.6) is 5.75 Å². The standard InChI is InChI=1S/C12H14F3NO4/c1-2-12(4-17,5-18)16-11(20)6-3-7(13)9(15)10(19)8(6)14/h3,17-19H,2,4-5H2,1H3,(H,16,20). The first-order chi connectivity index (χ1) is 9.31. The Kier molecular flexibility index (Phi) is 4.96. The Morgan fingerprint density at radius 3 is 2.25 bits per heavy atom. The summed E-state index contributed by atoms with van der Waals surface area (Å²) in [5.41, 5.74) is -2.36. The van der Waals surface area contributed by atoms with Crippen LogP contribution >= 0.6 is 0 Å². The SMILES string of the molecule is CCC(CO)(CO)NC(=O)c1cc(F)c(F)c(O)c1F. The molecule has 5 nitrogen and oxygen atoms in total. The molecule has 112 valence electrons. The molecule has 0 bridgehead atoms. The molecule has 8 heteroatoms. The maximum absolute atomic E-state index is 13.5. The van der Waals surface area contributed by atoms with Gasteiger partial charge in [0.1, 0.15) is 0 Å². The molecule has 0 saturated carbocycles. The molecule has 1 aromatic carbocycles. The topological polar surface area (TPSA) is 89.8 Å². The lowest BCUT2D eigenvalue weighted by molar-refractivity contribution is 0.0648. The molecule has 0 aliphatic heterocycles. The Labute approximate surface area is 112 Å². The van der Waals surface area contributed by atoms with E-state index in [9.17, 15) is 18.0 Å². The van der Waals surface area contributed by atoms with E-state index in [1.54, 1.807) is 6.92 Å². The molecule has 0 radical (unpaired) electrons. The maximum Gasteiger partial charge on any atom is 0.255 e. The number of rotatable bonds is 5. The summed E-state index contributed by atoms with van der Waals surface area (Å²) in [4.78, 5) is 11.8. The number of hydrogen-bond donors (Lipinski definition) is 4. The van der Waals surface area contributed by atoms with E-state index in [0.29, 0.717) is 0 Å². The van der Waals surface area contributed by atoms with Gasteiger partial charge in [-0.15, -0.1) is 0 Å². The van der Waals surface area contributed by atoms with Crippen LogP contribution in [0.3, 0.4) is 0 Å². The molecule has 0 aliphatic carbocycles. The van der Waals surface area contributed by atoms with Gasteiger partial charge < -0.3 is 20.6 Å². The fraction of sp³-hybridized carbons (Fsp3) is 0.417. The van der Waals surface area contributed by atoms with Gasteiger partial charge in [-0.3, -0.25) is 4.79 Å². The Morgan fingerprint density at radius 1 is 1.25 bits per heavy atom. The van der Waals surface area contributed by atoms with Crippen LogP contribution in [0.15, 0.2) is 6.07 Å². The third kappa shape index (κ3) is 2.86. The number of hydrogen-bond acceptors (Lipinski definition) is 4. The van der Waals surface area contributed by atoms with Gasteiger partial charge in [0.2, 0.25) is 5.82 Å². The van der Waals surface area contributed by atoms with E-state index in [-0.39, 0.29) is 12.5 Å². The van der Waals surface area contributed by atoms with Crippen LogP contribution in [-0.2, 0) is 0 Å². The monoisotopic (exact) mass is 293 g/mol. The molecule has 0 aromatic heterocycles. The average molecular weight is 293 g/mol. The Balaban J connectivity index is 3.17. The summed E-state index contributed by atoms with van der Waals surface area (Å²) in [5.74, 6) is -7.82. The number of aliphatic hydroxyl groups is 2. The van der Waals surface area contributed by atoms with E-state index in [2.05, 4.69) is 5.32 Å². The molecule has 0 atom stereocenters. The van der Waals surface area contributed by atoms with Gasteiger partial charge in [-0.25, -0.2) is 8.78 Å². The zero-order valence-corrected chi connectivity index (χ0v) is 10.6. The van der Waals surface area contributed by atoms with Gasteiger partial charge in [-0.2, -0.15) is 4.39 Å². The number of aromatic hydroxyl groups is 1. The number of benzene rings is 1. The van der Waals surface area contributed by atoms with Crippen molar-refractivity contribution in [3.8, 4) is 5.75 Å². The van der Waals surface area contributed by atoms with Crippen molar-refractivity contribution in [3.05, 3.63) is 29.1 Å². The molecular weight excluding hydrogens is 279 g/mol. The second-order valence-corrected chi connectivity index (χ2v) is 4.29. The highest BCUT2D eigenvalue weighted by Gasteiger charge is 2.31. The summed E-state index contributed by atoms with van der Waals surface area (Å²) in [6, 6.07) is 0.287. The largest absolute Gasteiger partial charge is 0.503 e. The number of phenols is 1. The van der Waals surface area contributed by atoms with Gasteiger partial charge in [-0.1, -0.05) is 6.92 Å². The lowest BCUT2D eigenvalue weighted by Gasteiger charge is -2.29. The highest BCUT2D eigenvalue weighted by atomic mass is 19.2. The first-order valence-corrected chi connectivity index (χ1v) is 5.72. The fourth-order valence-electron chi connectivity index (χ4n) is 1.50. The number of amides is 1. The van der Waals surface area contributed by atoms with Crippen molar-refractivity contribution in [3.63, 3.8) is 0 Å². The molecule has 1 rings (SSSR count). The molecular formula is C12H14F3NO4. The normalized spacial score (nSPS) is 11.5. The van der Waals surface area contributed by atoms with Crippen LogP contribution in [0.25, 0.3) is 0 Å². The zero-order valence-electron chi connectivity index (χ0n) is 10.6. The van der Waals surface area contributed by atoms with Gasteiger partial charge in [0, 0.05) is 0 Å². The van der Waals surface area contributed by atoms with E-state index in [1.165, 1.54) is 0 Å². The van der Waals surface area contributed by atoms with Gasteiger partial charge >= 0.3 is 0 Å². The van der Waals surface area contributed by atoms with Crippen molar-refractivity contribution < 1.29 is 33.3 Å². The smallest absolute Gasteiger partial charge is 0.255 e. The van der Waals surface area contributed by atoms with Crippen molar-refractivity contribution in [2.45, 2.75) is 18.9 Å². The van der Waals surface area contributed by atoms with Crippen molar-refractivity contribution in [1.29, 1.82) is 0 Å². The van der Waals surface area contributed by atoms with Crippen molar-refractivity contribution in [2.75, 3.05) is 13.2 Å². The minimum Gasteiger partial charge on any atom is -0.503 e. The molecule has 0 aliphatic rings. The lowest BCUT2D eigenvalue weighted by atomic mass is 9.97. The summed E-state index contributed by atoms with van der Waals surface area (Å²) < 4.78 is 39.5. The maximum atomic E-state index is 13.5. The van der Waals surface area contributed by atoms with E-state index < -0.39 is 53.4 Å².